The molecule has 0 atom stereocenters. The Labute approximate surface area is 70.9 Å². The van der Waals surface area contributed by atoms with E-state index < -0.39 is 4.30 Å². The van der Waals surface area contributed by atoms with Crippen molar-refractivity contribution in [2.45, 2.75) is 11.2 Å². The molecular weight excluding hydrogens is 184 g/mol. The molecule has 0 saturated carbocycles. The van der Waals surface area contributed by atoms with Gasteiger partial charge in [0.05, 0.1) is 0 Å². The fraction of sp³-hybridized carbons (Fsp3) is 1.00. The summed E-state index contributed by atoms with van der Waals surface area (Å²) < 4.78 is -0.750. The van der Waals surface area contributed by atoms with E-state index in [1.165, 1.54) is 7.05 Å². The molecule has 0 aliphatic carbocycles. The first-order chi connectivity index (χ1) is 4.15. The molecule has 0 aliphatic heterocycles. The fourth-order valence-electron chi connectivity index (χ4n) is 0. The van der Waals surface area contributed by atoms with Crippen LogP contribution in [0, 0.1) is 0 Å². The number of hydrogen-bond acceptors (Lipinski definition) is 2. The zero-order valence-electron chi connectivity index (χ0n) is 5.44. The number of rotatable bonds is 0. The van der Waals surface area contributed by atoms with Gasteiger partial charge in [-0.15, -0.1) is 0 Å². The average molecular weight is 197 g/mol. The lowest BCUT2D eigenvalue weighted by Crippen LogP contribution is -1.69. The Morgan fingerprint density at radius 2 is 1.33 bits per heavy atom. The highest BCUT2D eigenvalue weighted by atomic mass is 35.6. The van der Waals surface area contributed by atoms with Gasteiger partial charge in [-0.1, -0.05) is 34.8 Å². The number of halogens is 3. The predicted molar refractivity (Wildman–Crippen MR) is 44.2 cm³/mol. The van der Waals surface area contributed by atoms with Gasteiger partial charge in [-0.05, 0) is 14.0 Å². The van der Waals surface area contributed by atoms with Crippen LogP contribution in [0.4, 0.5) is 0 Å². The van der Waals surface area contributed by atoms with Crippen LogP contribution in [-0.4, -0.2) is 23.1 Å². The maximum atomic E-state index is 7.57. The first-order valence-electron chi connectivity index (χ1n) is 2.26. The molecule has 0 amide bonds. The van der Waals surface area contributed by atoms with Crippen LogP contribution in [0.3, 0.4) is 0 Å². The Morgan fingerprint density at radius 1 is 1.33 bits per heavy atom. The second-order valence-electron chi connectivity index (χ2n) is 0.564. The molecule has 0 unspecified atom stereocenters. The molecule has 0 heterocycles. The van der Waals surface area contributed by atoms with Gasteiger partial charge in [-0.2, -0.15) is 0 Å². The third-order valence-electron chi connectivity index (χ3n) is 0. The molecule has 0 aliphatic rings. The van der Waals surface area contributed by atoms with Crippen molar-refractivity contribution in [1.29, 1.82) is 0 Å². The smallest absolute Gasteiger partial charge is 0.180 e. The molecule has 9 heavy (non-hydrogen) atoms. The summed E-state index contributed by atoms with van der Waals surface area (Å²) in [6.45, 7) is 1.93. The number of aliphatic hydroxyl groups excluding tert-OH is 1. The average Bonchev–Trinajstić information content (AvgIpc) is 1.71. The van der Waals surface area contributed by atoms with E-state index >= 15 is 0 Å². The van der Waals surface area contributed by atoms with Gasteiger partial charge in [0.15, 0.2) is 4.30 Å². The maximum Gasteiger partial charge on any atom is 0.180 e. The SMILES string of the molecule is CCO.CN.ClC(Cl)Cl. The van der Waals surface area contributed by atoms with Gasteiger partial charge in [0, 0.05) is 6.61 Å². The number of alkyl halides is 3. The van der Waals surface area contributed by atoms with E-state index in [0.29, 0.717) is 0 Å². The van der Waals surface area contributed by atoms with Gasteiger partial charge in [-0.3, -0.25) is 0 Å². The van der Waals surface area contributed by atoms with Crippen molar-refractivity contribution in [3.05, 3.63) is 0 Å². The molecule has 3 N–H and O–H groups in total. The van der Waals surface area contributed by atoms with Crippen LogP contribution in [0.2, 0.25) is 0 Å². The van der Waals surface area contributed by atoms with E-state index in [1.54, 1.807) is 6.92 Å². The zero-order valence-corrected chi connectivity index (χ0v) is 7.71. The first kappa shape index (κ1) is 16.4. The van der Waals surface area contributed by atoms with Crippen LogP contribution in [-0.2, 0) is 0 Å². The predicted octanol–water partition coefficient (Wildman–Crippen LogP) is 1.56. The summed E-state index contributed by atoms with van der Waals surface area (Å²) >= 11 is 14.4. The van der Waals surface area contributed by atoms with Crippen molar-refractivity contribution in [2.75, 3.05) is 13.7 Å². The van der Waals surface area contributed by atoms with Crippen LogP contribution >= 0.6 is 34.8 Å². The topological polar surface area (TPSA) is 46.2 Å². The Morgan fingerprint density at radius 3 is 1.33 bits per heavy atom. The Bertz CT molecular complexity index is 27.0. The number of aliphatic hydroxyl groups is 1. The molecule has 0 spiro atoms. The molecule has 0 rings (SSSR count). The van der Waals surface area contributed by atoms with Crippen LogP contribution in [0.15, 0.2) is 0 Å². The molecule has 0 bridgehead atoms. The van der Waals surface area contributed by atoms with Crippen molar-refractivity contribution in [1.82, 2.24) is 0 Å². The van der Waals surface area contributed by atoms with Gasteiger partial charge in [0.2, 0.25) is 0 Å². The molecule has 60 valence electrons. The van der Waals surface area contributed by atoms with E-state index in [4.69, 9.17) is 39.9 Å². The van der Waals surface area contributed by atoms with E-state index in [1.807, 2.05) is 0 Å². The van der Waals surface area contributed by atoms with Crippen LogP contribution in [0.5, 0.6) is 0 Å². The molecule has 0 saturated heterocycles. The minimum atomic E-state index is -0.750. The number of hydrogen-bond donors (Lipinski definition) is 2. The molecular formula is C4H12Cl3NO. The van der Waals surface area contributed by atoms with Crippen LogP contribution in [0.25, 0.3) is 0 Å². The van der Waals surface area contributed by atoms with Gasteiger partial charge in [0.1, 0.15) is 0 Å². The highest BCUT2D eigenvalue weighted by Gasteiger charge is 1.78. The maximum absolute atomic E-state index is 7.57. The van der Waals surface area contributed by atoms with Crippen LogP contribution < -0.4 is 5.73 Å². The third kappa shape index (κ3) is 649. The zero-order chi connectivity index (χ0) is 8.28. The lowest BCUT2D eigenvalue weighted by atomic mass is 10.9. The Kier molecular flexibility index (Phi) is 42.4. The Hall–Kier alpha value is 0.790. The number of nitrogens with two attached hydrogens (primary N) is 1. The van der Waals surface area contributed by atoms with Crippen molar-refractivity contribution in [3.8, 4) is 0 Å². The molecule has 0 radical (unpaired) electrons. The van der Waals surface area contributed by atoms with Crippen molar-refractivity contribution in [3.63, 3.8) is 0 Å². The standard InChI is InChI=1S/C2H6O.CHCl3.CH5N/c1-2-3;2-1(3)4;1-2/h3H,2H2,1H3;1H;2H2,1H3. The summed E-state index contributed by atoms with van der Waals surface area (Å²) in [5, 5.41) is 7.57. The van der Waals surface area contributed by atoms with E-state index in [-0.39, 0.29) is 6.61 Å². The summed E-state index contributed by atoms with van der Waals surface area (Å²) in [6.07, 6.45) is 0. The lowest BCUT2D eigenvalue weighted by Gasteiger charge is -1.69. The highest BCUT2D eigenvalue weighted by molar-refractivity contribution is 6.63. The van der Waals surface area contributed by atoms with E-state index in [2.05, 4.69) is 5.73 Å². The van der Waals surface area contributed by atoms with E-state index in [0.717, 1.165) is 0 Å². The second-order valence-corrected chi connectivity index (χ2v) is 2.54. The van der Waals surface area contributed by atoms with Gasteiger partial charge < -0.3 is 10.8 Å². The van der Waals surface area contributed by atoms with Gasteiger partial charge >= 0.3 is 0 Å². The largest absolute Gasteiger partial charge is 0.397 e. The summed E-state index contributed by atoms with van der Waals surface area (Å²) in [7, 11) is 1.50. The minimum absolute atomic E-state index is 0.250. The summed E-state index contributed by atoms with van der Waals surface area (Å²) in [4.78, 5) is 0. The highest BCUT2D eigenvalue weighted by Crippen LogP contribution is 2.03. The van der Waals surface area contributed by atoms with Gasteiger partial charge in [0.25, 0.3) is 0 Å². The lowest BCUT2D eigenvalue weighted by molar-refractivity contribution is 0.318. The molecule has 5 heteroatoms. The van der Waals surface area contributed by atoms with Crippen molar-refractivity contribution >= 4 is 34.8 Å². The monoisotopic (exact) mass is 195 g/mol. The molecule has 0 fully saturated rings. The third-order valence-corrected chi connectivity index (χ3v) is 0. The molecule has 0 aromatic rings. The fourth-order valence-corrected chi connectivity index (χ4v) is 0. The van der Waals surface area contributed by atoms with Crippen LogP contribution in [0.1, 0.15) is 6.92 Å². The molecule has 0 aromatic carbocycles. The quantitative estimate of drug-likeness (QED) is 0.578. The van der Waals surface area contributed by atoms with Gasteiger partial charge in [-0.25, -0.2) is 0 Å². The van der Waals surface area contributed by atoms with Crippen molar-refractivity contribution in [2.24, 2.45) is 5.73 Å². The van der Waals surface area contributed by atoms with Crippen molar-refractivity contribution < 1.29 is 5.11 Å². The van der Waals surface area contributed by atoms with E-state index in [9.17, 15) is 0 Å². The molecule has 0 aromatic heterocycles. The summed E-state index contributed by atoms with van der Waals surface area (Å²) in [6, 6.07) is 0. The molecule has 2 nitrogen and oxygen atoms in total. The first-order valence-corrected chi connectivity index (χ1v) is 3.56. The minimum Gasteiger partial charge on any atom is -0.397 e. The Balaban J connectivity index is -0.0000000646. The normalized spacial score (nSPS) is 6.67. The second kappa shape index (κ2) is 23.2. The summed E-state index contributed by atoms with van der Waals surface area (Å²) in [5.41, 5.74) is 4.50. The summed E-state index contributed by atoms with van der Waals surface area (Å²) in [5.74, 6) is 0.